The molecule has 102 valence electrons. The molecule has 0 aliphatic carbocycles. The Labute approximate surface area is 116 Å². The van der Waals surface area contributed by atoms with Gasteiger partial charge < -0.3 is 10.2 Å². The van der Waals surface area contributed by atoms with E-state index in [1.165, 1.54) is 12.0 Å². The van der Waals surface area contributed by atoms with Gasteiger partial charge in [0.05, 0.1) is 0 Å². The molecular weight excluding hydrogens is 244 g/mol. The Bertz CT molecular complexity index is 324. The van der Waals surface area contributed by atoms with Crippen LogP contribution in [0.25, 0.3) is 0 Å². The summed E-state index contributed by atoms with van der Waals surface area (Å²) in [7, 11) is 2.15. The third kappa shape index (κ3) is 5.38. The molecule has 18 heavy (non-hydrogen) atoms. The Morgan fingerprint density at radius 1 is 1.22 bits per heavy atom. The van der Waals surface area contributed by atoms with Crippen molar-refractivity contribution in [2.45, 2.75) is 32.7 Å². The topological polar surface area (TPSA) is 15.3 Å². The molecule has 1 aromatic rings. The molecule has 1 rings (SSSR count). The van der Waals surface area contributed by atoms with Crippen LogP contribution >= 0.6 is 11.6 Å². The van der Waals surface area contributed by atoms with E-state index < -0.39 is 0 Å². The van der Waals surface area contributed by atoms with Gasteiger partial charge in [0, 0.05) is 24.2 Å². The maximum atomic E-state index is 5.93. The standard InChI is InChI=1S/C15H25ClN2/c1-4-6-15(17-11-12-18(3)5-2)13-7-9-14(16)10-8-13/h7-10,15,17H,4-6,11-12H2,1-3H3. The number of nitrogens with one attached hydrogen (secondary N) is 1. The monoisotopic (exact) mass is 268 g/mol. The minimum Gasteiger partial charge on any atom is -0.309 e. The lowest BCUT2D eigenvalue weighted by Crippen LogP contribution is -2.31. The van der Waals surface area contributed by atoms with Crippen molar-refractivity contribution < 1.29 is 0 Å². The summed E-state index contributed by atoms with van der Waals surface area (Å²) in [5, 5.41) is 4.44. The Hall–Kier alpha value is -0.570. The van der Waals surface area contributed by atoms with Gasteiger partial charge in [-0.25, -0.2) is 0 Å². The Balaban J connectivity index is 2.51. The third-order valence-corrected chi connectivity index (χ3v) is 3.53. The molecule has 2 nitrogen and oxygen atoms in total. The summed E-state index contributed by atoms with van der Waals surface area (Å²) < 4.78 is 0. The quantitative estimate of drug-likeness (QED) is 0.773. The second kappa shape index (κ2) is 8.52. The zero-order valence-corrected chi connectivity index (χ0v) is 12.5. The SMILES string of the molecule is CCCC(NCCN(C)CC)c1ccc(Cl)cc1. The van der Waals surface area contributed by atoms with Crippen LogP contribution in [0.15, 0.2) is 24.3 Å². The molecule has 1 atom stereocenters. The van der Waals surface area contributed by atoms with E-state index in [1.807, 2.05) is 12.1 Å². The Morgan fingerprint density at radius 3 is 2.44 bits per heavy atom. The molecule has 0 amide bonds. The lowest BCUT2D eigenvalue weighted by atomic mass is 10.0. The van der Waals surface area contributed by atoms with Gasteiger partial charge in [0.25, 0.3) is 0 Å². The number of hydrogen-bond acceptors (Lipinski definition) is 2. The average Bonchev–Trinajstić information content (AvgIpc) is 2.38. The molecule has 0 spiro atoms. The molecule has 0 fully saturated rings. The van der Waals surface area contributed by atoms with Crippen molar-refractivity contribution in [3.8, 4) is 0 Å². The highest BCUT2D eigenvalue weighted by atomic mass is 35.5. The van der Waals surface area contributed by atoms with Crippen molar-refractivity contribution in [1.29, 1.82) is 0 Å². The predicted molar refractivity (Wildman–Crippen MR) is 80.3 cm³/mol. The number of rotatable bonds is 8. The van der Waals surface area contributed by atoms with E-state index >= 15 is 0 Å². The fraction of sp³-hybridized carbons (Fsp3) is 0.600. The molecule has 0 radical (unpaired) electrons. The summed E-state index contributed by atoms with van der Waals surface area (Å²) in [5.41, 5.74) is 1.33. The van der Waals surface area contributed by atoms with Crippen molar-refractivity contribution in [1.82, 2.24) is 10.2 Å². The van der Waals surface area contributed by atoms with Crippen LogP contribution < -0.4 is 5.32 Å². The lowest BCUT2D eigenvalue weighted by Gasteiger charge is -2.21. The van der Waals surface area contributed by atoms with Gasteiger partial charge in [-0.1, -0.05) is 44.0 Å². The van der Waals surface area contributed by atoms with Gasteiger partial charge in [-0.15, -0.1) is 0 Å². The Morgan fingerprint density at radius 2 is 1.89 bits per heavy atom. The van der Waals surface area contributed by atoms with Crippen LogP contribution in [0.5, 0.6) is 0 Å². The predicted octanol–water partition coefficient (Wildman–Crippen LogP) is 3.72. The highest BCUT2D eigenvalue weighted by molar-refractivity contribution is 6.30. The van der Waals surface area contributed by atoms with Gasteiger partial charge in [-0.05, 0) is 37.7 Å². The lowest BCUT2D eigenvalue weighted by molar-refractivity contribution is 0.336. The summed E-state index contributed by atoms with van der Waals surface area (Å²) in [4.78, 5) is 2.32. The first-order valence-electron chi connectivity index (χ1n) is 6.84. The van der Waals surface area contributed by atoms with Crippen molar-refractivity contribution in [3.63, 3.8) is 0 Å². The van der Waals surface area contributed by atoms with E-state index in [1.54, 1.807) is 0 Å². The molecule has 0 bridgehead atoms. The second-order valence-corrected chi connectivity index (χ2v) is 5.18. The van der Waals surface area contributed by atoms with Crippen molar-refractivity contribution >= 4 is 11.6 Å². The van der Waals surface area contributed by atoms with Crippen LogP contribution in [0.2, 0.25) is 5.02 Å². The molecule has 1 aromatic carbocycles. The van der Waals surface area contributed by atoms with Gasteiger partial charge >= 0.3 is 0 Å². The fourth-order valence-electron chi connectivity index (χ4n) is 1.96. The first-order valence-corrected chi connectivity index (χ1v) is 7.22. The molecule has 3 heteroatoms. The zero-order chi connectivity index (χ0) is 13.4. The molecule has 0 aliphatic heterocycles. The smallest absolute Gasteiger partial charge is 0.0406 e. The van der Waals surface area contributed by atoms with Crippen LogP contribution in [0.4, 0.5) is 0 Å². The number of benzene rings is 1. The van der Waals surface area contributed by atoms with Gasteiger partial charge in [-0.3, -0.25) is 0 Å². The van der Waals surface area contributed by atoms with E-state index in [-0.39, 0.29) is 0 Å². The van der Waals surface area contributed by atoms with Crippen LogP contribution in [0.3, 0.4) is 0 Å². The van der Waals surface area contributed by atoms with Gasteiger partial charge in [0.2, 0.25) is 0 Å². The minimum atomic E-state index is 0.442. The maximum absolute atomic E-state index is 5.93. The maximum Gasteiger partial charge on any atom is 0.0406 e. The van der Waals surface area contributed by atoms with E-state index in [9.17, 15) is 0 Å². The molecular formula is C15H25ClN2. The molecule has 0 aliphatic rings. The number of halogens is 1. The summed E-state index contributed by atoms with van der Waals surface area (Å²) in [6.07, 6.45) is 2.35. The van der Waals surface area contributed by atoms with Crippen molar-refractivity contribution in [2.75, 3.05) is 26.7 Å². The summed E-state index contributed by atoms with van der Waals surface area (Å²) in [6.45, 7) is 7.62. The molecule has 0 saturated heterocycles. The van der Waals surface area contributed by atoms with Crippen LogP contribution in [0.1, 0.15) is 38.3 Å². The highest BCUT2D eigenvalue weighted by Crippen LogP contribution is 2.20. The van der Waals surface area contributed by atoms with E-state index in [2.05, 4.69) is 43.2 Å². The minimum absolute atomic E-state index is 0.442. The Kier molecular flexibility index (Phi) is 7.33. The number of hydrogen-bond donors (Lipinski definition) is 1. The fourth-order valence-corrected chi connectivity index (χ4v) is 2.08. The van der Waals surface area contributed by atoms with E-state index in [0.717, 1.165) is 31.1 Å². The largest absolute Gasteiger partial charge is 0.309 e. The van der Waals surface area contributed by atoms with E-state index in [4.69, 9.17) is 11.6 Å². The van der Waals surface area contributed by atoms with Crippen LogP contribution in [0, 0.1) is 0 Å². The first kappa shape index (κ1) is 15.5. The second-order valence-electron chi connectivity index (χ2n) is 4.74. The third-order valence-electron chi connectivity index (χ3n) is 3.27. The normalized spacial score (nSPS) is 12.9. The molecule has 1 unspecified atom stereocenters. The molecule has 1 N–H and O–H groups in total. The van der Waals surface area contributed by atoms with Gasteiger partial charge in [-0.2, -0.15) is 0 Å². The zero-order valence-electron chi connectivity index (χ0n) is 11.7. The van der Waals surface area contributed by atoms with Crippen LogP contribution in [-0.4, -0.2) is 31.6 Å². The molecule has 0 saturated carbocycles. The molecule has 0 aromatic heterocycles. The summed E-state index contributed by atoms with van der Waals surface area (Å²) >= 11 is 5.93. The number of nitrogens with zero attached hydrogens (tertiary/aromatic N) is 1. The molecule has 0 heterocycles. The van der Waals surface area contributed by atoms with Crippen molar-refractivity contribution in [2.24, 2.45) is 0 Å². The summed E-state index contributed by atoms with van der Waals surface area (Å²) in [5.74, 6) is 0. The van der Waals surface area contributed by atoms with Gasteiger partial charge in [0.1, 0.15) is 0 Å². The highest BCUT2D eigenvalue weighted by Gasteiger charge is 2.09. The first-order chi connectivity index (χ1) is 8.67. The van der Waals surface area contributed by atoms with Gasteiger partial charge in [0.15, 0.2) is 0 Å². The number of likely N-dealkylation sites (N-methyl/N-ethyl adjacent to an activating group) is 1. The van der Waals surface area contributed by atoms with Crippen molar-refractivity contribution in [3.05, 3.63) is 34.9 Å². The van der Waals surface area contributed by atoms with Crippen LogP contribution in [-0.2, 0) is 0 Å². The summed E-state index contributed by atoms with van der Waals surface area (Å²) in [6, 6.07) is 8.63. The van der Waals surface area contributed by atoms with E-state index in [0.29, 0.717) is 6.04 Å². The average molecular weight is 269 g/mol.